The molecule has 0 saturated heterocycles. The van der Waals surface area contributed by atoms with Crippen LogP contribution in [0.4, 0.5) is 0 Å². The third kappa shape index (κ3) is 7.37. The topological polar surface area (TPSA) is 41.8 Å². The fourth-order valence-corrected chi connectivity index (χ4v) is 4.17. The van der Waals surface area contributed by atoms with E-state index in [9.17, 15) is 5.11 Å². The second-order valence-electron chi connectivity index (χ2n) is 7.75. The Labute approximate surface area is 182 Å². The summed E-state index contributed by atoms with van der Waals surface area (Å²) in [7, 11) is 11.6. The van der Waals surface area contributed by atoms with E-state index in [-0.39, 0.29) is 0 Å². The van der Waals surface area contributed by atoms with Gasteiger partial charge >= 0.3 is 37.9 Å². The summed E-state index contributed by atoms with van der Waals surface area (Å²) in [6.45, 7) is 2.32. The molecule has 6 heteroatoms. The van der Waals surface area contributed by atoms with Crippen LogP contribution in [-0.2, 0) is 20.8 Å². The Morgan fingerprint density at radius 3 is 2.30 bits per heavy atom. The Kier molecular flexibility index (Phi) is 10.8. The van der Waals surface area contributed by atoms with Gasteiger partial charge in [0.05, 0.1) is 7.11 Å². The summed E-state index contributed by atoms with van der Waals surface area (Å²) in [5.74, 6) is 2.53. The minimum absolute atomic E-state index is 0.407. The number of hydrogen-bond donors (Lipinski definition) is 1. The van der Waals surface area contributed by atoms with Gasteiger partial charge in [-0.15, -0.1) is 0 Å². The molecule has 2 saturated carbocycles. The Hall–Kier alpha value is -0.0469. The van der Waals surface area contributed by atoms with E-state index in [4.69, 9.17) is 26.8 Å². The summed E-state index contributed by atoms with van der Waals surface area (Å²) in [6, 6.07) is 4.34. The second kappa shape index (κ2) is 12.5. The van der Waals surface area contributed by atoms with Gasteiger partial charge in [0.2, 0.25) is 0 Å². The van der Waals surface area contributed by atoms with E-state index in [0.29, 0.717) is 17.7 Å². The van der Waals surface area contributed by atoms with E-state index in [1.54, 1.807) is 7.11 Å². The van der Waals surface area contributed by atoms with Crippen molar-refractivity contribution < 1.29 is 30.7 Å². The van der Waals surface area contributed by atoms with Crippen LogP contribution in [0, 0.1) is 5.92 Å². The molecule has 0 atom stereocenters. The monoisotopic (exact) mass is 489 g/mol. The summed E-state index contributed by atoms with van der Waals surface area (Å²) < 4.78 is 5.47. The molecule has 1 aromatic rings. The molecular formula is C21H31Cl2NO2Zr. The van der Waals surface area contributed by atoms with Crippen LogP contribution in [0.25, 0.3) is 0 Å². The van der Waals surface area contributed by atoms with Gasteiger partial charge < -0.3 is 9.84 Å². The third-order valence-electron chi connectivity index (χ3n) is 5.83. The third-order valence-corrected chi connectivity index (χ3v) is 5.83. The Balaban J connectivity index is 0.000000817. The fourth-order valence-electron chi connectivity index (χ4n) is 4.17. The maximum absolute atomic E-state index is 10.8. The SMILES string of the molecule is COc1cc(C=NC2CCC(C)CC2)c(O)c(C2CCCCC2)c1.[Cl][Zr][Cl]. The molecule has 0 aliphatic heterocycles. The zero-order valence-electron chi connectivity index (χ0n) is 16.4. The number of rotatable bonds is 4. The summed E-state index contributed by atoms with van der Waals surface area (Å²) in [4.78, 5) is 4.77. The molecule has 0 unspecified atom stereocenters. The van der Waals surface area contributed by atoms with Crippen molar-refractivity contribution in [3.63, 3.8) is 0 Å². The summed E-state index contributed by atoms with van der Waals surface area (Å²) >= 11 is -0.826. The first kappa shape index (κ1) is 23.2. The van der Waals surface area contributed by atoms with Crippen LogP contribution in [0.2, 0.25) is 0 Å². The van der Waals surface area contributed by atoms with E-state index < -0.39 is 20.8 Å². The molecule has 150 valence electrons. The van der Waals surface area contributed by atoms with Crippen LogP contribution in [0.3, 0.4) is 0 Å². The number of phenols is 1. The molecule has 0 radical (unpaired) electrons. The molecule has 1 aromatic carbocycles. The normalized spacial score (nSPS) is 23.6. The van der Waals surface area contributed by atoms with E-state index in [1.807, 2.05) is 18.3 Å². The number of methoxy groups -OCH3 is 1. The Bertz CT molecular complexity index is 598. The first-order valence-corrected chi connectivity index (χ1v) is 16.3. The average molecular weight is 492 g/mol. The van der Waals surface area contributed by atoms with Crippen molar-refractivity contribution in [1.82, 2.24) is 0 Å². The molecule has 27 heavy (non-hydrogen) atoms. The molecule has 3 nitrogen and oxygen atoms in total. The van der Waals surface area contributed by atoms with Gasteiger partial charge in [0.1, 0.15) is 11.5 Å². The standard InChI is InChI=1S/C21H31NO2.2ClH.Zr/c1-15-8-10-18(11-9-15)22-14-17-12-19(24-2)13-20(21(17)23)16-6-4-3-5-7-16;;;/h12-16,18,23H,3-11H2,1-2H3;2*1H;/q;;;+2/p-2. The Morgan fingerprint density at radius 1 is 1.07 bits per heavy atom. The molecule has 2 aliphatic rings. The number of halogens is 2. The first-order valence-electron chi connectivity index (χ1n) is 9.99. The summed E-state index contributed by atoms with van der Waals surface area (Å²) in [5, 5.41) is 10.8. The molecule has 1 N–H and O–H groups in total. The maximum atomic E-state index is 10.8. The summed E-state index contributed by atoms with van der Waals surface area (Å²) in [6.07, 6.45) is 12.9. The van der Waals surface area contributed by atoms with Crippen molar-refractivity contribution in [3.05, 3.63) is 23.3 Å². The number of benzene rings is 1. The van der Waals surface area contributed by atoms with Gasteiger partial charge in [0.25, 0.3) is 0 Å². The van der Waals surface area contributed by atoms with Gasteiger partial charge in [0, 0.05) is 23.4 Å². The number of phenolic OH excluding ortho intramolecular Hbond substituents is 1. The van der Waals surface area contributed by atoms with Gasteiger partial charge in [0.15, 0.2) is 0 Å². The minimum atomic E-state index is -0.826. The van der Waals surface area contributed by atoms with Crippen molar-refractivity contribution in [2.75, 3.05) is 7.11 Å². The molecule has 0 spiro atoms. The van der Waals surface area contributed by atoms with Crippen molar-refractivity contribution in [2.45, 2.75) is 76.7 Å². The van der Waals surface area contributed by atoms with Gasteiger partial charge in [-0.1, -0.05) is 26.2 Å². The van der Waals surface area contributed by atoms with Gasteiger partial charge in [-0.2, -0.15) is 0 Å². The van der Waals surface area contributed by atoms with Crippen LogP contribution < -0.4 is 4.74 Å². The van der Waals surface area contributed by atoms with Crippen LogP contribution in [0.15, 0.2) is 17.1 Å². The Morgan fingerprint density at radius 2 is 1.70 bits per heavy atom. The van der Waals surface area contributed by atoms with E-state index >= 15 is 0 Å². The number of aliphatic imine (C=N–C) groups is 1. The van der Waals surface area contributed by atoms with Gasteiger partial charge in [-0.25, -0.2) is 0 Å². The predicted octanol–water partition coefficient (Wildman–Crippen LogP) is 6.82. The molecule has 2 fully saturated rings. The zero-order chi connectivity index (χ0) is 19.6. The van der Waals surface area contributed by atoms with Crippen LogP contribution >= 0.6 is 17.0 Å². The second-order valence-corrected chi connectivity index (χ2v) is 11.5. The van der Waals surface area contributed by atoms with Crippen molar-refractivity contribution in [3.8, 4) is 11.5 Å². The molecule has 0 heterocycles. The summed E-state index contributed by atoms with van der Waals surface area (Å²) in [5.41, 5.74) is 1.86. The average Bonchev–Trinajstić information content (AvgIpc) is 2.70. The molecule has 0 bridgehead atoms. The van der Waals surface area contributed by atoms with Crippen LogP contribution in [0.5, 0.6) is 11.5 Å². The predicted molar refractivity (Wildman–Crippen MR) is 111 cm³/mol. The first-order chi connectivity index (χ1) is 13.1. The quantitative estimate of drug-likeness (QED) is 0.470. The van der Waals surface area contributed by atoms with Crippen molar-refractivity contribution in [2.24, 2.45) is 10.9 Å². The van der Waals surface area contributed by atoms with Crippen LogP contribution in [0.1, 0.15) is 81.8 Å². The number of hydrogen-bond acceptors (Lipinski definition) is 3. The van der Waals surface area contributed by atoms with Gasteiger partial charge in [-0.3, -0.25) is 4.99 Å². The van der Waals surface area contributed by atoms with Gasteiger partial charge in [-0.05, 0) is 62.5 Å². The molecule has 0 aromatic heterocycles. The van der Waals surface area contributed by atoms with E-state index in [2.05, 4.69) is 6.92 Å². The molecular weight excluding hydrogens is 460 g/mol. The number of nitrogens with zero attached hydrogens (tertiary/aromatic N) is 1. The van der Waals surface area contributed by atoms with E-state index in [1.165, 1.54) is 32.1 Å². The molecule has 0 amide bonds. The fraction of sp³-hybridized carbons (Fsp3) is 0.667. The molecule has 2 aliphatic carbocycles. The van der Waals surface area contributed by atoms with Crippen LogP contribution in [-0.4, -0.2) is 24.5 Å². The number of aromatic hydroxyl groups is 1. The number of ether oxygens (including phenoxy) is 1. The van der Waals surface area contributed by atoms with E-state index in [0.717, 1.165) is 48.5 Å². The van der Waals surface area contributed by atoms with Crippen molar-refractivity contribution >= 4 is 23.2 Å². The van der Waals surface area contributed by atoms with Crippen molar-refractivity contribution in [1.29, 1.82) is 0 Å². The molecule has 3 rings (SSSR count). The zero-order valence-corrected chi connectivity index (χ0v) is 20.4.